The maximum atomic E-state index is 5.48. The number of nitrogens with zero attached hydrogens (tertiary/aromatic N) is 5. The van der Waals surface area contributed by atoms with Crippen LogP contribution >= 0.6 is 0 Å². The molecule has 0 amide bonds. The molecule has 2 atom stereocenters. The summed E-state index contributed by atoms with van der Waals surface area (Å²) in [6.07, 6.45) is 2.58. The molecule has 8 nitrogen and oxygen atoms in total. The molecule has 0 aromatic carbocycles. The number of aromatic amines is 1. The van der Waals surface area contributed by atoms with Gasteiger partial charge in [-0.05, 0) is 6.92 Å². The number of hydrogen-bond acceptors (Lipinski definition) is 7. The van der Waals surface area contributed by atoms with Gasteiger partial charge in [-0.2, -0.15) is 10.1 Å². The molecule has 1 saturated heterocycles. The zero-order valence-electron chi connectivity index (χ0n) is 12.3. The molecular formula is C13H18N6O2. The quantitative estimate of drug-likeness (QED) is 0.894. The summed E-state index contributed by atoms with van der Waals surface area (Å²) in [5, 5.41) is 7.14. The fourth-order valence-corrected chi connectivity index (χ4v) is 2.53. The van der Waals surface area contributed by atoms with Crippen molar-refractivity contribution in [3.8, 4) is 5.88 Å². The van der Waals surface area contributed by atoms with Crippen LogP contribution in [-0.2, 0) is 4.74 Å². The summed E-state index contributed by atoms with van der Waals surface area (Å²) in [7, 11) is 3.30. The van der Waals surface area contributed by atoms with E-state index >= 15 is 0 Å². The lowest BCUT2D eigenvalue weighted by Gasteiger charge is -2.22. The summed E-state index contributed by atoms with van der Waals surface area (Å²) in [4.78, 5) is 15.2. The SMILES string of the molecule is COc1ccnc(N2C[C@H](OC)C[C@H]2c2n[nH]c(C)n2)n1. The summed E-state index contributed by atoms with van der Waals surface area (Å²) in [6.45, 7) is 2.58. The van der Waals surface area contributed by atoms with Crippen molar-refractivity contribution in [1.82, 2.24) is 25.1 Å². The molecular weight excluding hydrogens is 272 g/mol. The van der Waals surface area contributed by atoms with Crippen LogP contribution in [0.3, 0.4) is 0 Å². The van der Waals surface area contributed by atoms with E-state index in [1.165, 1.54) is 0 Å². The number of anilines is 1. The Labute approximate surface area is 122 Å². The van der Waals surface area contributed by atoms with Gasteiger partial charge in [0.2, 0.25) is 11.8 Å². The van der Waals surface area contributed by atoms with Crippen LogP contribution in [0.1, 0.15) is 24.1 Å². The van der Waals surface area contributed by atoms with E-state index in [0.29, 0.717) is 18.4 Å². The number of rotatable bonds is 4. The lowest BCUT2D eigenvalue weighted by molar-refractivity contribution is 0.118. The van der Waals surface area contributed by atoms with Crippen LogP contribution in [-0.4, -0.2) is 52.0 Å². The minimum Gasteiger partial charge on any atom is -0.481 e. The Morgan fingerprint density at radius 2 is 2.19 bits per heavy atom. The minimum atomic E-state index is -0.00740. The van der Waals surface area contributed by atoms with Gasteiger partial charge in [-0.3, -0.25) is 5.10 Å². The summed E-state index contributed by atoms with van der Waals surface area (Å²) < 4.78 is 10.6. The average Bonchev–Trinajstić information content (AvgIpc) is 3.13. The largest absolute Gasteiger partial charge is 0.481 e. The predicted octanol–water partition coefficient (Wildman–Crippen LogP) is 0.878. The standard InChI is InChI=1S/C13H18N6O2/c1-8-15-12(18-17-8)10-6-9(20-2)7-19(10)13-14-5-4-11(16-13)21-3/h4-5,9-10H,6-7H2,1-3H3,(H,15,17,18)/t9-,10+/m1/s1. The van der Waals surface area contributed by atoms with E-state index in [-0.39, 0.29) is 12.1 Å². The third-order valence-corrected chi connectivity index (χ3v) is 3.59. The van der Waals surface area contributed by atoms with Crippen LogP contribution in [0, 0.1) is 6.92 Å². The first-order chi connectivity index (χ1) is 10.2. The van der Waals surface area contributed by atoms with Gasteiger partial charge in [-0.15, -0.1) is 0 Å². The fraction of sp³-hybridized carbons (Fsp3) is 0.538. The van der Waals surface area contributed by atoms with Crippen molar-refractivity contribution in [2.75, 3.05) is 25.7 Å². The Balaban J connectivity index is 1.93. The highest BCUT2D eigenvalue weighted by atomic mass is 16.5. The Morgan fingerprint density at radius 3 is 2.86 bits per heavy atom. The molecule has 0 radical (unpaired) electrons. The zero-order chi connectivity index (χ0) is 14.8. The molecule has 3 heterocycles. The highest BCUT2D eigenvalue weighted by Crippen LogP contribution is 2.34. The van der Waals surface area contributed by atoms with Gasteiger partial charge in [0.25, 0.3) is 0 Å². The number of nitrogens with one attached hydrogen (secondary N) is 1. The fourth-order valence-electron chi connectivity index (χ4n) is 2.53. The smallest absolute Gasteiger partial charge is 0.229 e. The van der Waals surface area contributed by atoms with Crippen LogP contribution in [0.2, 0.25) is 0 Å². The van der Waals surface area contributed by atoms with Crippen molar-refractivity contribution in [3.05, 3.63) is 23.9 Å². The number of hydrogen-bond donors (Lipinski definition) is 1. The van der Waals surface area contributed by atoms with Crippen molar-refractivity contribution in [2.24, 2.45) is 0 Å². The number of ether oxygens (including phenoxy) is 2. The van der Waals surface area contributed by atoms with Gasteiger partial charge in [0, 0.05) is 32.3 Å². The van der Waals surface area contributed by atoms with Crippen molar-refractivity contribution in [1.29, 1.82) is 0 Å². The van der Waals surface area contributed by atoms with Gasteiger partial charge in [0.1, 0.15) is 5.82 Å². The average molecular weight is 290 g/mol. The summed E-state index contributed by atoms with van der Waals surface area (Å²) in [6, 6.07) is 1.71. The van der Waals surface area contributed by atoms with Crippen LogP contribution in [0.4, 0.5) is 5.95 Å². The van der Waals surface area contributed by atoms with E-state index in [1.807, 2.05) is 6.92 Å². The topological polar surface area (TPSA) is 89.0 Å². The third-order valence-electron chi connectivity index (χ3n) is 3.59. The second-order valence-electron chi connectivity index (χ2n) is 4.94. The molecule has 0 spiro atoms. The van der Waals surface area contributed by atoms with E-state index in [9.17, 15) is 0 Å². The maximum absolute atomic E-state index is 5.48. The monoisotopic (exact) mass is 290 g/mol. The van der Waals surface area contributed by atoms with Crippen molar-refractivity contribution < 1.29 is 9.47 Å². The Bertz CT molecular complexity index is 616. The van der Waals surface area contributed by atoms with Crippen LogP contribution in [0.15, 0.2) is 12.3 Å². The molecule has 1 aliphatic rings. The van der Waals surface area contributed by atoms with Crippen LogP contribution in [0.25, 0.3) is 0 Å². The molecule has 2 aromatic heterocycles. The number of aryl methyl sites for hydroxylation is 1. The number of aromatic nitrogens is 5. The third kappa shape index (κ3) is 2.66. The highest BCUT2D eigenvalue weighted by molar-refractivity contribution is 5.37. The van der Waals surface area contributed by atoms with Gasteiger partial charge in [0.05, 0.1) is 19.3 Å². The summed E-state index contributed by atoms with van der Waals surface area (Å²) in [5.41, 5.74) is 0. The molecule has 1 fully saturated rings. The first-order valence-corrected chi connectivity index (χ1v) is 6.76. The Morgan fingerprint density at radius 1 is 1.33 bits per heavy atom. The van der Waals surface area contributed by atoms with E-state index in [4.69, 9.17) is 9.47 Å². The second-order valence-corrected chi connectivity index (χ2v) is 4.94. The van der Waals surface area contributed by atoms with E-state index in [1.54, 1.807) is 26.5 Å². The van der Waals surface area contributed by atoms with Gasteiger partial charge in [0.15, 0.2) is 5.82 Å². The molecule has 3 rings (SSSR count). The number of methoxy groups -OCH3 is 2. The Hall–Kier alpha value is -2.22. The van der Waals surface area contributed by atoms with Crippen molar-refractivity contribution in [2.45, 2.75) is 25.5 Å². The number of H-pyrrole nitrogens is 1. The van der Waals surface area contributed by atoms with Crippen molar-refractivity contribution >= 4 is 5.95 Å². The van der Waals surface area contributed by atoms with Crippen LogP contribution in [0.5, 0.6) is 5.88 Å². The molecule has 21 heavy (non-hydrogen) atoms. The molecule has 1 aliphatic heterocycles. The van der Waals surface area contributed by atoms with E-state index in [2.05, 4.69) is 30.0 Å². The zero-order valence-corrected chi connectivity index (χ0v) is 12.3. The maximum Gasteiger partial charge on any atom is 0.229 e. The van der Waals surface area contributed by atoms with Crippen LogP contribution < -0.4 is 9.64 Å². The normalized spacial score (nSPS) is 21.8. The van der Waals surface area contributed by atoms with Gasteiger partial charge in [-0.25, -0.2) is 9.97 Å². The lowest BCUT2D eigenvalue weighted by atomic mass is 10.2. The molecule has 112 valence electrons. The van der Waals surface area contributed by atoms with Crippen molar-refractivity contribution in [3.63, 3.8) is 0 Å². The first kappa shape index (κ1) is 13.7. The van der Waals surface area contributed by atoms with Gasteiger partial charge < -0.3 is 14.4 Å². The summed E-state index contributed by atoms with van der Waals surface area (Å²) >= 11 is 0. The second kappa shape index (κ2) is 5.65. The first-order valence-electron chi connectivity index (χ1n) is 6.76. The molecule has 0 bridgehead atoms. The predicted molar refractivity (Wildman–Crippen MR) is 75.2 cm³/mol. The minimum absolute atomic E-state index is 0.00740. The summed E-state index contributed by atoms with van der Waals surface area (Å²) in [5.74, 6) is 2.66. The molecule has 2 aromatic rings. The molecule has 0 saturated carbocycles. The molecule has 0 aliphatic carbocycles. The molecule has 1 N–H and O–H groups in total. The Kier molecular flexibility index (Phi) is 3.70. The molecule has 0 unspecified atom stereocenters. The van der Waals surface area contributed by atoms with E-state index in [0.717, 1.165) is 18.1 Å². The van der Waals surface area contributed by atoms with Gasteiger partial charge >= 0.3 is 0 Å². The van der Waals surface area contributed by atoms with Gasteiger partial charge in [-0.1, -0.05) is 0 Å². The molecule has 8 heteroatoms. The highest BCUT2D eigenvalue weighted by Gasteiger charge is 2.37. The lowest BCUT2D eigenvalue weighted by Crippen LogP contribution is -2.27. The van der Waals surface area contributed by atoms with E-state index < -0.39 is 0 Å².